The Morgan fingerprint density at radius 1 is 1.42 bits per heavy atom. The van der Waals surface area contributed by atoms with Crippen LogP contribution >= 0.6 is 0 Å². The van der Waals surface area contributed by atoms with Gasteiger partial charge >= 0.3 is 0 Å². The van der Waals surface area contributed by atoms with E-state index in [1.165, 1.54) is 0 Å². The van der Waals surface area contributed by atoms with Crippen molar-refractivity contribution < 1.29 is 9.53 Å². The first-order valence-electron chi connectivity index (χ1n) is 7.39. The van der Waals surface area contributed by atoms with E-state index in [4.69, 9.17) is 4.74 Å². The number of aromatic nitrogens is 5. The Kier molecular flexibility index (Phi) is 4.28. The summed E-state index contributed by atoms with van der Waals surface area (Å²) in [5.74, 6) is 1.13. The van der Waals surface area contributed by atoms with Crippen molar-refractivity contribution in [3.05, 3.63) is 42.5 Å². The molecule has 3 rings (SSSR count). The Morgan fingerprint density at radius 2 is 2.25 bits per heavy atom. The normalized spacial score (nSPS) is 10.6. The highest BCUT2D eigenvalue weighted by Gasteiger charge is 2.12. The number of methoxy groups -OCH3 is 1. The molecule has 0 aliphatic carbocycles. The van der Waals surface area contributed by atoms with Crippen LogP contribution in [-0.4, -0.2) is 37.6 Å². The fourth-order valence-electron chi connectivity index (χ4n) is 2.40. The fourth-order valence-corrected chi connectivity index (χ4v) is 2.40. The number of anilines is 1. The second-order valence-electron chi connectivity index (χ2n) is 5.32. The van der Waals surface area contributed by atoms with Gasteiger partial charge in [0.1, 0.15) is 23.8 Å². The SMILES string of the molecule is COc1cccnc1-c1cnn(CC(=O)Nc2cc(C)nn2C)c1. The summed E-state index contributed by atoms with van der Waals surface area (Å²) in [5, 5.41) is 11.2. The predicted molar refractivity (Wildman–Crippen MR) is 88.6 cm³/mol. The molecule has 1 N–H and O–H groups in total. The number of pyridine rings is 1. The van der Waals surface area contributed by atoms with E-state index in [9.17, 15) is 4.79 Å². The van der Waals surface area contributed by atoms with Crippen LogP contribution in [0.3, 0.4) is 0 Å². The number of nitrogens with one attached hydrogen (secondary N) is 1. The largest absolute Gasteiger partial charge is 0.494 e. The second kappa shape index (κ2) is 6.53. The molecule has 0 radical (unpaired) electrons. The molecule has 0 aromatic carbocycles. The van der Waals surface area contributed by atoms with Crippen molar-refractivity contribution in [1.29, 1.82) is 0 Å². The zero-order chi connectivity index (χ0) is 17.1. The van der Waals surface area contributed by atoms with Crippen LogP contribution in [0.2, 0.25) is 0 Å². The zero-order valence-electron chi connectivity index (χ0n) is 13.7. The van der Waals surface area contributed by atoms with E-state index in [0.717, 1.165) is 11.3 Å². The van der Waals surface area contributed by atoms with Crippen molar-refractivity contribution in [3.8, 4) is 17.0 Å². The van der Waals surface area contributed by atoms with Crippen LogP contribution in [0.25, 0.3) is 11.3 Å². The number of carbonyl (C=O) groups is 1. The fraction of sp³-hybridized carbons (Fsp3) is 0.250. The number of hydrogen-bond acceptors (Lipinski definition) is 5. The van der Waals surface area contributed by atoms with Gasteiger partial charge in [0.2, 0.25) is 5.91 Å². The Hall–Kier alpha value is -3.16. The van der Waals surface area contributed by atoms with E-state index in [0.29, 0.717) is 17.3 Å². The summed E-state index contributed by atoms with van der Waals surface area (Å²) in [6.07, 6.45) is 5.11. The highest BCUT2D eigenvalue weighted by molar-refractivity contribution is 5.89. The van der Waals surface area contributed by atoms with E-state index in [-0.39, 0.29) is 12.5 Å². The number of carbonyl (C=O) groups excluding carboxylic acids is 1. The number of amides is 1. The van der Waals surface area contributed by atoms with Gasteiger partial charge in [-0.15, -0.1) is 0 Å². The van der Waals surface area contributed by atoms with Crippen molar-refractivity contribution in [2.45, 2.75) is 13.5 Å². The minimum Gasteiger partial charge on any atom is -0.494 e. The quantitative estimate of drug-likeness (QED) is 0.770. The van der Waals surface area contributed by atoms with Gasteiger partial charge in [0.25, 0.3) is 0 Å². The summed E-state index contributed by atoms with van der Waals surface area (Å²) >= 11 is 0. The Labute approximate surface area is 139 Å². The van der Waals surface area contributed by atoms with Gasteiger partial charge in [0.05, 0.1) is 19.0 Å². The van der Waals surface area contributed by atoms with Gasteiger partial charge < -0.3 is 10.1 Å². The molecule has 0 aliphatic heterocycles. The summed E-state index contributed by atoms with van der Waals surface area (Å²) in [5.41, 5.74) is 2.32. The van der Waals surface area contributed by atoms with Crippen LogP contribution < -0.4 is 10.1 Å². The molecule has 124 valence electrons. The first-order valence-corrected chi connectivity index (χ1v) is 7.39. The van der Waals surface area contributed by atoms with Gasteiger partial charge in [-0.2, -0.15) is 10.2 Å². The summed E-state index contributed by atoms with van der Waals surface area (Å²) < 4.78 is 8.48. The Balaban J connectivity index is 1.72. The molecule has 0 saturated heterocycles. The average molecular weight is 326 g/mol. The van der Waals surface area contributed by atoms with E-state index >= 15 is 0 Å². The lowest BCUT2D eigenvalue weighted by Gasteiger charge is -2.05. The highest BCUT2D eigenvalue weighted by atomic mass is 16.5. The van der Waals surface area contributed by atoms with Gasteiger partial charge in [-0.25, -0.2) is 0 Å². The number of hydrogen-bond donors (Lipinski definition) is 1. The molecular weight excluding hydrogens is 308 g/mol. The summed E-state index contributed by atoms with van der Waals surface area (Å²) in [4.78, 5) is 16.5. The van der Waals surface area contributed by atoms with Crippen molar-refractivity contribution >= 4 is 11.7 Å². The number of ether oxygens (including phenoxy) is 1. The van der Waals surface area contributed by atoms with Crippen LogP contribution in [0.5, 0.6) is 5.75 Å². The van der Waals surface area contributed by atoms with E-state index in [1.54, 1.807) is 48.2 Å². The van der Waals surface area contributed by atoms with Crippen molar-refractivity contribution in [2.75, 3.05) is 12.4 Å². The van der Waals surface area contributed by atoms with Gasteiger partial charge in [0.15, 0.2) is 0 Å². The van der Waals surface area contributed by atoms with Crippen LogP contribution in [0.1, 0.15) is 5.69 Å². The monoisotopic (exact) mass is 326 g/mol. The smallest absolute Gasteiger partial charge is 0.247 e. The van der Waals surface area contributed by atoms with Crippen LogP contribution in [0.15, 0.2) is 36.8 Å². The molecule has 0 fully saturated rings. The molecule has 3 heterocycles. The molecule has 8 heteroatoms. The molecule has 24 heavy (non-hydrogen) atoms. The molecule has 3 aromatic heterocycles. The Morgan fingerprint density at radius 3 is 2.96 bits per heavy atom. The maximum absolute atomic E-state index is 12.2. The lowest BCUT2D eigenvalue weighted by molar-refractivity contribution is -0.116. The minimum absolute atomic E-state index is 0.0966. The number of nitrogens with zero attached hydrogens (tertiary/aromatic N) is 5. The van der Waals surface area contributed by atoms with E-state index in [2.05, 4.69) is 20.5 Å². The lowest BCUT2D eigenvalue weighted by atomic mass is 10.2. The van der Waals surface area contributed by atoms with Crippen LogP contribution in [0, 0.1) is 6.92 Å². The lowest BCUT2D eigenvalue weighted by Crippen LogP contribution is -2.20. The maximum Gasteiger partial charge on any atom is 0.247 e. The summed E-state index contributed by atoms with van der Waals surface area (Å²) in [7, 11) is 3.37. The molecule has 0 aliphatic rings. The first-order chi connectivity index (χ1) is 11.6. The van der Waals surface area contributed by atoms with Crippen molar-refractivity contribution in [3.63, 3.8) is 0 Å². The molecule has 0 spiro atoms. The third-order valence-electron chi connectivity index (χ3n) is 3.47. The van der Waals surface area contributed by atoms with E-state index in [1.807, 2.05) is 19.1 Å². The molecule has 1 amide bonds. The topological polar surface area (TPSA) is 86.9 Å². The molecule has 8 nitrogen and oxygen atoms in total. The van der Waals surface area contributed by atoms with Crippen molar-refractivity contribution in [1.82, 2.24) is 24.5 Å². The highest BCUT2D eigenvalue weighted by Crippen LogP contribution is 2.26. The molecular formula is C16H18N6O2. The summed E-state index contributed by atoms with van der Waals surface area (Å²) in [6, 6.07) is 5.44. The zero-order valence-corrected chi connectivity index (χ0v) is 13.7. The number of rotatable bonds is 5. The van der Waals surface area contributed by atoms with Gasteiger partial charge in [0, 0.05) is 31.1 Å². The molecule has 0 atom stereocenters. The van der Waals surface area contributed by atoms with Crippen LogP contribution in [0.4, 0.5) is 5.82 Å². The minimum atomic E-state index is -0.180. The van der Waals surface area contributed by atoms with Crippen molar-refractivity contribution in [2.24, 2.45) is 7.05 Å². The average Bonchev–Trinajstić information content (AvgIpc) is 3.14. The van der Waals surface area contributed by atoms with E-state index < -0.39 is 0 Å². The first kappa shape index (κ1) is 15.7. The number of aryl methyl sites for hydroxylation is 2. The molecule has 0 unspecified atom stereocenters. The van der Waals surface area contributed by atoms with Gasteiger partial charge in [-0.3, -0.25) is 19.1 Å². The molecule has 0 bridgehead atoms. The van der Waals surface area contributed by atoms with Crippen LogP contribution in [-0.2, 0) is 18.4 Å². The van der Waals surface area contributed by atoms with Gasteiger partial charge in [-0.1, -0.05) is 0 Å². The Bertz CT molecular complexity index is 867. The van der Waals surface area contributed by atoms with Gasteiger partial charge in [-0.05, 0) is 19.1 Å². The molecule has 0 saturated carbocycles. The molecule has 3 aromatic rings. The second-order valence-corrected chi connectivity index (χ2v) is 5.32. The maximum atomic E-state index is 12.2. The third-order valence-corrected chi connectivity index (χ3v) is 3.47. The predicted octanol–water partition coefficient (Wildman–Crippen LogP) is 1.63. The standard InChI is InChI=1S/C16H18N6O2/c1-11-7-14(21(2)20-11)19-15(23)10-22-9-12(8-18-22)16-13(24-3)5-4-6-17-16/h4-9H,10H2,1-3H3,(H,19,23). The summed E-state index contributed by atoms with van der Waals surface area (Å²) in [6.45, 7) is 1.97. The third kappa shape index (κ3) is 3.27.